The van der Waals surface area contributed by atoms with E-state index in [4.69, 9.17) is 20.9 Å². The van der Waals surface area contributed by atoms with Crippen molar-refractivity contribution in [2.24, 2.45) is 11.5 Å². The second kappa shape index (κ2) is 13.1. The first kappa shape index (κ1) is 28.1. The molecule has 0 saturated carbocycles. The summed E-state index contributed by atoms with van der Waals surface area (Å²) in [6, 6.07) is 4.64. The Hall–Kier alpha value is -5.14. The lowest BCUT2D eigenvalue weighted by atomic mass is 10.1. The second-order valence-electron chi connectivity index (χ2n) is 7.37. The number of nitrogens with two attached hydrogens (primary N) is 2. The van der Waals surface area contributed by atoms with Crippen LogP contribution in [0.4, 0.5) is 22.7 Å². The van der Waals surface area contributed by atoms with E-state index in [2.05, 4.69) is 23.8 Å². The molecule has 0 unspecified atom stereocenters. The molecule has 2 aromatic carbocycles. The van der Waals surface area contributed by atoms with Crippen molar-refractivity contribution < 1.29 is 28.9 Å². The highest BCUT2D eigenvalue weighted by Crippen LogP contribution is 2.37. The van der Waals surface area contributed by atoms with Gasteiger partial charge in [0.1, 0.15) is 11.5 Å². The first-order valence-corrected chi connectivity index (χ1v) is 10.8. The number of amides is 2. The Bertz CT molecular complexity index is 1140. The van der Waals surface area contributed by atoms with Gasteiger partial charge in [0.25, 0.3) is 11.4 Å². The summed E-state index contributed by atoms with van der Waals surface area (Å²) in [6.45, 7) is 7.45. The lowest BCUT2D eigenvalue weighted by Gasteiger charge is -2.15. The quantitative estimate of drug-likeness (QED) is 0.111. The largest absolute Gasteiger partial charge is 0.491 e. The van der Waals surface area contributed by atoms with E-state index < -0.39 is 33.0 Å². The lowest BCUT2D eigenvalue weighted by Crippen LogP contribution is -2.15. The molecule has 0 heterocycles. The molecule has 0 aliphatic carbocycles. The van der Waals surface area contributed by atoms with E-state index in [0.717, 1.165) is 12.1 Å². The van der Waals surface area contributed by atoms with Gasteiger partial charge in [-0.1, -0.05) is 12.2 Å². The maximum atomic E-state index is 11.6. The van der Waals surface area contributed by atoms with Gasteiger partial charge in [0.05, 0.1) is 23.1 Å². The Morgan fingerprint density at radius 2 is 1.19 bits per heavy atom. The summed E-state index contributed by atoms with van der Waals surface area (Å²) in [5.41, 5.74) is 9.62. The van der Waals surface area contributed by atoms with Crippen LogP contribution in [0.5, 0.6) is 11.5 Å². The van der Waals surface area contributed by atoms with Crippen molar-refractivity contribution in [3.05, 3.63) is 80.9 Å². The number of primary amides is 2. The number of nitro benzene ring substituents is 2. The summed E-state index contributed by atoms with van der Waals surface area (Å²) >= 11 is 0. The zero-order valence-corrected chi connectivity index (χ0v) is 19.7. The van der Waals surface area contributed by atoms with Crippen LogP contribution in [0.2, 0.25) is 0 Å². The van der Waals surface area contributed by atoms with E-state index >= 15 is 0 Å². The highest BCUT2D eigenvalue weighted by atomic mass is 16.6. The minimum absolute atomic E-state index is 0.0181. The molecule has 0 aromatic heterocycles. The number of hydrogen-bond donors (Lipinski definition) is 4. The van der Waals surface area contributed by atoms with Gasteiger partial charge < -0.3 is 31.6 Å². The normalized spacial score (nSPS) is 10.2. The van der Waals surface area contributed by atoms with Crippen LogP contribution < -0.4 is 31.6 Å². The van der Waals surface area contributed by atoms with Gasteiger partial charge in [-0.2, -0.15) is 0 Å². The van der Waals surface area contributed by atoms with Gasteiger partial charge >= 0.3 is 0 Å². The van der Waals surface area contributed by atoms with Gasteiger partial charge in [0.2, 0.25) is 11.8 Å². The number of anilines is 2. The van der Waals surface area contributed by atoms with Crippen LogP contribution in [-0.2, 0) is 0 Å². The fourth-order valence-corrected chi connectivity index (χ4v) is 3.13. The van der Waals surface area contributed by atoms with Crippen LogP contribution in [0, 0.1) is 20.2 Å². The maximum absolute atomic E-state index is 11.6. The molecule has 196 valence electrons. The number of nitrogens with zero attached hydrogens (tertiary/aromatic N) is 2. The van der Waals surface area contributed by atoms with Crippen LogP contribution in [0.1, 0.15) is 27.1 Å². The van der Waals surface area contributed by atoms with Crippen molar-refractivity contribution in [2.45, 2.75) is 6.42 Å². The number of nitro groups is 2. The molecule has 0 aliphatic heterocycles. The third-order valence-corrected chi connectivity index (χ3v) is 4.78. The van der Waals surface area contributed by atoms with E-state index in [-0.39, 0.29) is 66.7 Å². The number of carbonyl (C=O) groups is 2. The van der Waals surface area contributed by atoms with Crippen LogP contribution in [-0.4, -0.2) is 48.0 Å². The minimum Gasteiger partial charge on any atom is -0.491 e. The molecule has 0 aliphatic rings. The topological polar surface area (TPSA) is 215 Å². The molecular weight excluding hydrogens is 488 g/mol. The fraction of sp³-hybridized carbons (Fsp3) is 0.217. The number of nitrogens with one attached hydrogen (secondary N) is 2. The third kappa shape index (κ3) is 7.42. The Morgan fingerprint density at radius 1 is 0.811 bits per heavy atom. The fourth-order valence-electron chi connectivity index (χ4n) is 3.13. The van der Waals surface area contributed by atoms with Crippen LogP contribution in [0.15, 0.2) is 49.6 Å². The monoisotopic (exact) mass is 514 g/mol. The van der Waals surface area contributed by atoms with E-state index in [0.29, 0.717) is 0 Å². The van der Waals surface area contributed by atoms with Crippen LogP contribution in [0.3, 0.4) is 0 Å². The van der Waals surface area contributed by atoms with Crippen molar-refractivity contribution in [2.75, 3.05) is 36.9 Å². The predicted molar refractivity (Wildman–Crippen MR) is 136 cm³/mol. The van der Waals surface area contributed by atoms with Gasteiger partial charge in [-0.15, -0.1) is 13.2 Å². The van der Waals surface area contributed by atoms with Gasteiger partial charge in [0, 0.05) is 42.8 Å². The Labute approximate surface area is 211 Å². The van der Waals surface area contributed by atoms with Crippen molar-refractivity contribution in [1.29, 1.82) is 0 Å². The summed E-state index contributed by atoms with van der Waals surface area (Å²) in [5.74, 6) is -1.71. The number of benzene rings is 2. The van der Waals surface area contributed by atoms with Gasteiger partial charge in [-0.05, 0) is 12.1 Å². The average molecular weight is 514 g/mol. The number of ether oxygens (including phenoxy) is 2. The van der Waals surface area contributed by atoms with Crippen molar-refractivity contribution in [1.82, 2.24) is 0 Å². The summed E-state index contributed by atoms with van der Waals surface area (Å²) < 4.78 is 11.3. The van der Waals surface area contributed by atoms with Crippen molar-refractivity contribution in [3.63, 3.8) is 0 Å². The third-order valence-electron chi connectivity index (χ3n) is 4.78. The molecule has 0 spiro atoms. The number of hydrogen-bond acceptors (Lipinski definition) is 10. The Morgan fingerprint density at radius 3 is 1.49 bits per heavy atom. The molecule has 0 saturated heterocycles. The molecule has 0 radical (unpaired) electrons. The Balaban J connectivity index is 2.23. The highest BCUT2D eigenvalue weighted by molar-refractivity contribution is 5.96. The SMILES string of the molecule is C=CCNc1c(OCCCOc2cc(C(N)=O)cc([N+](=O)[O-])c2NCC=C)cc(C(N)=O)cc1[N+](=O)[O-]. The van der Waals surface area contributed by atoms with E-state index in [1.54, 1.807) is 0 Å². The summed E-state index contributed by atoms with van der Waals surface area (Å²) in [5, 5.41) is 28.7. The molecule has 6 N–H and O–H groups in total. The average Bonchev–Trinajstić information content (AvgIpc) is 2.85. The van der Waals surface area contributed by atoms with Crippen molar-refractivity contribution in [3.8, 4) is 11.5 Å². The van der Waals surface area contributed by atoms with Crippen LogP contribution in [0.25, 0.3) is 0 Å². The summed E-state index contributed by atoms with van der Waals surface area (Å²) in [6.07, 6.45) is 3.19. The first-order valence-electron chi connectivity index (χ1n) is 10.8. The minimum atomic E-state index is -0.873. The molecule has 14 nitrogen and oxygen atoms in total. The maximum Gasteiger partial charge on any atom is 0.296 e. The zero-order chi connectivity index (χ0) is 27.5. The number of carbonyl (C=O) groups excluding carboxylic acids is 2. The molecule has 37 heavy (non-hydrogen) atoms. The van der Waals surface area contributed by atoms with E-state index in [9.17, 15) is 29.8 Å². The van der Waals surface area contributed by atoms with Crippen LogP contribution >= 0.6 is 0 Å². The molecule has 2 amide bonds. The lowest BCUT2D eigenvalue weighted by molar-refractivity contribution is -0.384. The summed E-state index contributed by atoms with van der Waals surface area (Å²) in [7, 11) is 0. The van der Waals surface area contributed by atoms with Crippen molar-refractivity contribution >= 4 is 34.6 Å². The molecule has 2 aromatic rings. The molecule has 0 atom stereocenters. The predicted octanol–water partition coefficient (Wildman–Crippen LogP) is 2.74. The summed E-state index contributed by atoms with van der Waals surface area (Å²) in [4.78, 5) is 45.0. The van der Waals surface area contributed by atoms with Gasteiger partial charge in [-0.25, -0.2) is 0 Å². The molecular formula is C23H26N6O8. The number of rotatable bonds is 16. The molecule has 0 fully saturated rings. The van der Waals surface area contributed by atoms with Gasteiger partial charge in [0.15, 0.2) is 11.4 Å². The zero-order valence-electron chi connectivity index (χ0n) is 19.7. The molecule has 0 bridgehead atoms. The van der Waals surface area contributed by atoms with E-state index in [1.165, 1.54) is 24.3 Å². The smallest absolute Gasteiger partial charge is 0.296 e. The highest BCUT2D eigenvalue weighted by Gasteiger charge is 2.24. The first-order chi connectivity index (χ1) is 17.6. The molecule has 14 heteroatoms. The molecule has 2 rings (SSSR count). The second-order valence-corrected chi connectivity index (χ2v) is 7.37. The van der Waals surface area contributed by atoms with Gasteiger partial charge in [-0.3, -0.25) is 29.8 Å². The standard InChI is InChI=1S/C23H26N6O8/c1-3-6-26-20-16(28(32)33)10-14(22(24)30)12-18(20)36-8-5-9-37-19-13-15(23(25)31)11-17(29(34)35)21(19)27-7-4-2/h3-4,10-13,26-27H,1-2,5-9H2,(H2,24,30)(H2,25,31). The Kier molecular flexibility index (Phi) is 9.94. The van der Waals surface area contributed by atoms with E-state index in [1.807, 2.05) is 0 Å².